The Bertz CT molecular complexity index is 676. The number of nitrogens with zero attached hydrogens (tertiary/aromatic N) is 1. The summed E-state index contributed by atoms with van der Waals surface area (Å²) in [5.74, 6) is 1.13. The zero-order valence-electron chi connectivity index (χ0n) is 12.3. The van der Waals surface area contributed by atoms with E-state index in [4.69, 9.17) is 9.47 Å². The minimum absolute atomic E-state index is 0.277. The molecule has 22 heavy (non-hydrogen) atoms. The van der Waals surface area contributed by atoms with E-state index in [2.05, 4.69) is 5.32 Å². The van der Waals surface area contributed by atoms with E-state index in [1.807, 2.05) is 0 Å². The van der Waals surface area contributed by atoms with Crippen molar-refractivity contribution in [3.63, 3.8) is 0 Å². The summed E-state index contributed by atoms with van der Waals surface area (Å²) in [6.45, 7) is 2.08. The van der Waals surface area contributed by atoms with Crippen molar-refractivity contribution < 1.29 is 17.9 Å². The van der Waals surface area contributed by atoms with Crippen LogP contribution >= 0.6 is 0 Å². The Morgan fingerprint density at radius 3 is 2.68 bits per heavy atom. The molecular weight excluding hydrogens is 304 g/mol. The van der Waals surface area contributed by atoms with Crippen LogP contribution < -0.4 is 14.8 Å². The van der Waals surface area contributed by atoms with Crippen LogP contribution in [0, 0.1) is 0 Å². The van der Waals surface area contributed by atoms with Crippen LogP contribution in [0.3, 0.4) is 0 Å². The van der Waals surface area contributed by atoms with Crippen LogP contribution in [-0.2, 0) is 10.0 Å². The molecule has 2 unspecified atom stereocenters. The van der Waals surface area contributed by atoms with E-state index in [-0.39, 0.29) is 10.9 Å². The largest absolute Gasteiger partial charge is 0.486 e. The average Bonchev–Trinajstić information content (AvgIpc) is 2.85. The topological polar surface area (TPSA) is 67.9 Å². The summed E-state index contributed by atoms with van der Waals surface area (Å²) in [5, 5.41) is 3.51. The molecule has 7 heteroatoms. The van der Waals surface area contributed by atoms with Crippen molar-refractivity contribution in [2.75, 3.05) is 26.3 Å². The lowest BCUT2D eigenvalue weighted by Gasteiger charge is -2.25. The molecule has 2 fully saturated rings. The molecule has 2 saturated heterocycles. The predicted octanol–water partition coefficient (Wildman–Crippen LogP) is 0.973. The molecule has 0 saturated carbocycles. The molecule has 4 rings (SSSR count). The highest BCUT2D eigenvalue weighted by Crippen LogP contribution is 2.34. The van der Waals surface area contributed by atoms with E-state index in [1.165, 1.54) is 0 Å². The van der Waals surface area contributed by atoms with E-state index < -0.39 is 10.0 Å². The smallest absolute Gasteiger partial charge is 0.243 e. The van der Waals surface area contributed by atoms with Crippen molar-refractivity contribution in [3.8, 4) is 11.5 Å². The minimum Gasteiger partial charge on any atom is -0.486 e. The molecule has 0 radical (unpaired) electrons. The number of sulfonamides is 1. The Morgan fingerprint density at radius 2 is 1.82 bits per heavy atom. The molecule has 3 heterocycles. The zero-order chi connectivity index (χ0) is 15.2. The summed E-state index contributed by atoms with van der Waals surface area (Å²) in [6, 6.07) is 5.62. The van der Waals surface area contributed by atoms with Crippen LogP contribution in [0.1, 0.15) is 19.3 Å². The summed E-state index contributed by atoms with van der Waals surface area (Å²) >= 11 is 0. The summed E-state index contributed by atoms with van der Waals surface area (Å²) in [6.07, 6.45) is 3.08. The van der Waals surface area contributed by atoms with Gasteiger partial charge in [-0.2, -0.15) is 4.31 Å². The van der Waals surface area contributed by atoms with Crippen LogP contribution in [0.4, 0.5) is 0 Å². The van der Waals surface area contributed by atoms with Gasteiger partial charge in [0.05, 0.1) is 4.90 Å². The first-order valence-electron chi connectivity index (χ1n) is 7.79. The predicted molar refractivity (Wildman–Crippen MR) is 80.8 cm³/mol. The third kappa shape index (κ3) is 2.47. The van der Waals surface area contributed by atoms with Crippen molar-refractivity contribution in [3.05, 3.63) is 18.2 Å². The summed E-state index contributed by atoms with van der Waals surface area (Å²) in [4.78, 5) is 0.287. The molecule has 1 aromatic rings. The third-order valence-electron chi connectivity index (χ3n) is 4.64. The maximum absolute atomic E-state index is 12.9. The molecule has 2 atom stereocenters. The van der Waals surface area contributed by atoms with Crippen molar-refractivity contribution in [2.45, 2.75) is 36.2 Å². The lowest BCUT2D eigenvalue weighted by molar-refractivity contribution is 0.171. The molecule has 1 N–H and O–H groups in total. The normalized spacial score (nSPS) is 28.4. The maximum atomic E-state index is 12.9. The van der Waals surface area contributed by atoms with Crippen molar-refractivity contribution in [1.29, 1.82) is 0 Å². The minimum atomic E-state index is -3.48. The van der Waals surface area contributed by atoms with E-state index in [9.17, 15) is 8.42 Å². The second kappa shape index (κ2) is 5.40. The Labute approximate surface area is 130 Å². The van der Waals surface area contributed by atoms with Gasteiger partial charge in [-0.1, -0.05) is 0 Å². The van der Waals surface area contributed by atoms with E-state index in [0.29, 0.717) is 43.8 Å². The van der Waals surface area contributed by atoms with Gasteiger partial charge < -0.3 is 14.8 Å². The van der Waals surface area contributed by atoms with Gasteiger partial charge in [-0.25, -0.2) is 8.42 Å². The van der Waals surface area contributed by atoms with Crippen LogP contribution in [0.2, 0.25) is 0 Å². The Balaban J connectivity index is 1.62. The highest BCUT2D eigenvalue weighted by atomic mass is 32.2. The lowest BCUT2D eigenvalue weighted by atomic mass is 10.1. The van der Waals surface area contributed by atoms with Gasteiger partial charge in [0.1, 0.15) is 13.2 Å². The quantitative estimate of drug-likeness (QED) is 0.878. The fourth-order valence-corrected chi connectivity index (χ4v) is 4.98. The second-order valence-electron chi connectivity index (χ2n) is 6.10. The number of nitrogens with one attached hydrogen (secondary N) is 1. The average molecular weight is 324 g/mol. The summed E-state index contributed by atoms with van der Waals surface area (Å²) in [7, 11) is -3.48. The van der Waals surface area contributed by atoms with Crippen LogP contribution in [0.25, 0.3) is 0 Å². The zero-order valence-corrected chi connectivity index (χ0v) is 13.1. The SMILES string of the molecule is O=S(=O)(c1ccc2c(c1)OCCO2)N1CCC2CCC(C1)N2. The van der Waals surface area contributed by atoms with Gasteiger partial charge in [0.2, 0.25) is 10.0 Å². The summed E-state index contributed by atoms with van der Waals surface area (Å²) in [5.41, 5.74) is 0. The van der Waals surface area contributed by atoms with Crippen molar-refractivity contribution in [1.82, 2.24) is 9.62 Å². The third-order valence-corrected chi connectivity index (χ3v) is 6.50. The molecule has 0 aliphatic carbocycles. The molecule has 1 aromatic carbocycles. The fraction of sp³-hybridized carbons (Fsp3) is 0.600. The number of hydrogen-bond acceptors (Lipinski definition) is 5. The first-order valence-corrected chi connectivity index (χ1v) is 9.23. The first-order chi connectivity index (χ1) is 10.6. The van der Waals surface area contributed by atoms with Gasteiger partial charge in [0, 0.05) is 31.2 Å². The van der Waals surface area contributed by atoms with Gasteiger partial charge in [-0.05, 0) is 31.4 Å². The van der Waals surface area contributed by atoms with Crippen molar-refractivity contribution in [2.24, 2.45) is 0 Å². The molecule has 0 amide bonds. The van der Waals surface area contributed by atoms with Gasteiger partial charge in [0.25, 0.3) is 0 Å². The molecule has 2 bridgehead atoms. The van der Waals surface area contributed by atoms with Gasteiger partial charge >= 0.3 is 0 Å². The van der Waals surface area contributed by atoms with E-state index >= 15 is 0 Å². The molecular formula is C15H20N2O4S. The first kappa shape index (κ1) is 14.3. The van der Waals surface area contributed by atoms with E-state index in [0.717, 1.165) is 19.3 Å². The van der Waals surface area contributed by atoms with Crippen LogP contribution in [-0.4, -0.2) is 51.1 Å². The number of rotatable bonds is 2. The Morgan fingerprint density at radius 1 is 1.05 bits per heavy atom. The van der Waals surface area contributed by atoms with Crippen molar-refractivity contribution >= 4 is 10.0 Å². The fourth-order valence-electron chi connectivity index (χ4n) is 3.46. The lowest BCUT2D eigenvalue weighted by Crippen LogP contribution is -2.39. The monoisotopic (exact) mass is 324 g/mol. The molecule has 6 nitrogen and oxygen atoms in total. The van der Waals surface area contributed by atoms with Crippen LogP contribution in [0.15, 0.2) is 23.1 Å². The summed E-state index contributed by atoms with van der Waals surface area (Å²) < 4.78 is 38.4. The molecule has 120 valence electrons. The number of fused-ring (bicyclic) bond motifs is 3. The number of ether oxygens (including phenoxy) is 2. The standard InChI is InChI=1S/C15H20N2O4S/c18-22(19,17-6-5-11-1-2-12(10-17)16-11)13-3-4-14-15(9-13)21-8-7-20-14/h3-4,9,11-12,16H,1-2,5-8,10H2. The Hall–Kier alpha value is -1.31. The molecule has 0 aromatic heterocycles. The van der Waals surface area contributed by atoms with E-state index in [1.54, 1.807) is 22.5 Å². The van der Waals surface area contributed by atoms with Gasteiger partial charge in [-0.15, -0.1) is 0 Å². The molecule has 3 aliphatic heterocycles. The second-order valence-corrected chi connectivity index (χ2v) is 8.03. The number of benzene rings is 1. The van der Waals surface area contributed by atoms with Gasteiger partial charge in [-0.3, -0.25) is 0 Å². The molecule has 3 aliphatic rings. The maximum Gasteiger partial charge on any atom is 0.243 e. The highest BCUT2D eigenvalue weighted by molar-refractivity contribution is 7.89. The number of hydrogen-bond donors (Lipinski definition) is 1. The molecule has 0 spiro atoms. The highest BCUT2D eigenvalue weighted by Gasteiger charge is 2.35. The Kier molecular flexibility index (Phi) is 3.51. The van der Waals surface area contributed by atoms with Gasteiger partial charge in [0.15, 0.2) is 11.5 Å². The van der Waals surface area contributed by atoms with Crippen LogP contribution in [0.5, 0.6) is 11.5 Å².